The van der Waals surface area contributed by atoms with Crippen LogP contribution in [0, 0.1) is 0 Å². The lowest BCUT2D eigenvalue weighted by Gasteiger charge is -2.38. The van der Waals surface area contributed by atoms with Crippen LogP contribution >= 0.6 is 11.6 Å². The minimum Gasteiger partial charge on any atom is -0.358 e. The van der Waals surface area contributed by atoms with Gasteiger partial charge in [0.2, 0.25) is 5.91 Å². The van der Waals surface area contributed by atoms with Gasteiger partial charge in [-0.1, -0.05) is 29.8 Å². The summed E-state index contributed by atoms with van der Waals surface area (Å²) in [5.41, 5.74) is 1.17. The van der Waals surface area contributed by atoms with Gasteiger partial charge in [-0.25, -0.2) is 0 Å². The van der Waals surface area contributed by atoms with E-state index in [4.69, 9.17) is 11.6 Å². The van der Waals surface area contributed by atoms with Crippen LogP contribution in [0.15, 0.2) is 24.3 Å². The molecule has 1 aliphatic rings. The number of hydrogen-bond acceptors (Lipinski definition) is 3. The van der Waals surface area contributed by atoms with Crippen LogP contribution in [0.2, 0.25) is 5.02 Å². The first-order valence-corrected chi connectivity index (χ1v) is 7.41. The van der Waals surface area contributed by atoms with Crippen molar-refractivity contribution in [3.63, 3.8) is 0 Å². The molecule has 1 aromatic carbocycles. The van der Waals surface area contributed by atoms with Gasteiger partial charge in [-0.05, 0) is 18.6 Å². The molecule has 1 fully saturated rings. The van der Waals surface area contributed by atoms with E-state index in [0.29, 0.717) is 12.6 Å². The molecule has 1 atom stereocenters. The first kappa shape index (κ1) is 15.3. The Bertz CT molecular complexity index is 458. The summed E-state index contributed by atoms with van der Waals surface area (Å²) < 4.78 is 0. The SMILES string of the molecule is CNC(=O)CN1CCN(C(C)c2ccccc2Cl)CC1. The Labute approximate surface area is 125 Å². The number of halogens is 1. The summed E-state index contributed by atoms with van der Waals surface area (Å²) >= 11 is 6.26. The van der Waals surface area contributed by atoms with Crippen molar-refractivity contribution in [1.82, 2.24) is 15.1 Å². The predicted octanol–water partition coefficient (Wildman–Crippen LogP) is 1.76. The van der Waals surface area contributed by atoms with E-state index in [1.165, 1.54) is 5.56 Å². The Morgan fingerprint density at radius 3 is 2.55 bits per heavy atom. The third-order valence-corrected chi connectivity index (χ3v) is 4.30. The lowest BCUT2D eigenvalue weighted by atomic mass is 10.1. The molecule has 4 nitrogen and oxygen atoms in total. The van der Waals surface area contributed by atoms with Crippen LogP contribution in [-0.4, -0.2) is 55.5 Å². The number of carbonyl (C=O) groups excluding carboxylic acids is 1. The summed E-state index contributed by atoms with van der Waals surface area (Å²) in [5, 5.41) is 3.49. The zero-order chi connectivity index (χ0) is 14.5. The van der Waals surface area contributed by atoms with Gasteiger partial charge >= 0.3 is 0 Å². The normalized spacial score (nSPS) is 18.8. The second-order valence-electron chi connectivity index (χ2n) is 5.18. The van der Waals surface area contributed by atoms with Crippen LogP contribution in [-0.2, 0) is 4.79 Å². The number of carbonyl (C=O) groups is 1. The molecule has 110 valence electrons. The smallest absolute Gasteiger partial charge is 0.233 e. The molecule has 0 aromatic heterocycles. The van der Waals surface area contributed by atoms with E-state index in [2.05, 4.69) is 28.1 Å². The Hall–Kier alpha value is -1.10. The molecule has 1 saturated heterocycles. The molecule has 1 aromatic rings. The average molecular weight is 296 g/mol. The molecule has 0 spiro atoms. The summed E-state index contributed by atoms with van der Waals surface area (Å²) in [6, 6.07) is 8.32. The monoisotopic (exact) mass is 295 g/mol. The Morgan fingerprint density at radius 2 is 1.95 bits per heavy atom. The second-order valence-corrected chi connectivity index (χ2v) is 5.59. The predicted molar refractivity (Wildman–Crippen MR) is 81.9 cm³/mol. The molecular formula is C15H22ClN3O. The van der Waals surface area contributed by atoms with E-state index in [9.17, 15) is 4.79 Å². The number of hydrogen-bond donors (Lipinski definition) is 1. The first-order valence-electron chi connectivity index (χ1n) is 7.03. The molecule has 1 amide bonds. The fraction of sp³-hybridized carbons (Fsp3) is 0.533. The molecule has 1 unspecified atom stereocenters. The Kier molecular flexibility index (Phi) is 5.40. The fourth-order valence-corrected chi connectivity index (χ4v) is 2.90. The zero-order valence-corrected chi connectivity index (χ0v) is 12.9. The maximum atomic E-state index is 11.4. The maximum Gasteiger partial charge on any atom is 0.233 e. The number of benzene rings is 1. The van der Waals surface area contributed by atoms with Crippen LogP contribution in [0.5, 0.6) is 0 Å². The van der Waals surface area contributed by atoms with Gasteiger partial charge in [0.25, 0.3) is 0 Å². The van der Waals surface area contributed by atoms with Gasteiger partial charge in [0.1, 0.15) is 0 Å². The maximum absolute atomic E-state index is 11.4. The second kappa shape index (κ2) is 7.07. The number of likely N-dealkylation sites (N-methyl/N-ethyl adjacent to an activating group) is 1. The minimum atomic E-state index is 0.0811. The first-order chi connectivity index (χ1) is 9.61. The van der Waals surface area contributed by atoms with Crippen molar-refractivity contribution in [1.29, 1.82) is 0 Å². The lowest BCUT2D eigenvalue weighted by molar-refractivity contribution is -0.122. The van der Waals surface area contributed by atoms with Gasteiger partial charge in [0.15, 0.2) is 0 Å². The molecule has 0 radical (unpaired) electrons. The highest BCUT2D eigenvalue weighted by Crippen LogP contribution is 2.27. The van der Waals surface area contributed by atoms with Crippen LogP contribution < -0.4 is 5.32 Å². The average Bonchev–Trinajstić information content (AvgIpc) is 2.47. The van der Waals surface area contributed by atoms with E-state index < -0.39 is 0 Å². The lowest BCUT2D eigenvalue weighted by Crippen LogP contribution is -2.49. The van der Waals surface area contributed by atoms with Crippen molar-refractivity contribution < 1.29 is 4.79 Å². The van der Waals surface area contributed by atoms with E-state index >= 15 is 0 Å². The molecule has 0 bridgehead atoms. The summed E-state index contributed by atoms with van der Waals surface area (Å²) in [6.07, 6.45) is 0. The molecule has 0 saturated carbocycles. The molecule has 1 aliphatic heterocycles. The van der Waals surface area contributed by atoms with Gasteiger partial charge in [0, 0.05) is 44.3 Å². The fourth-order valence-electron chi connectivity index (χ4n) is 2.60. The molecule has 1 heterocycles. The Balaban J connectivity index is 1.90. The van der Waals surface area contributed by atoms with Crippen molar-refractivity contribution in [3.8, 4) is 0 Å². The number of amides is 1. The number of nitrogens with one attached hydrogen (secondary N) is 1. The molecular weight excluding hydrogens is 274 g/mol. The van der Waals surface area contributed by atoms with Crippen molar-refractivity contribution >= 4 is 17.5 Å². The largest absolute Gasteiger partial charge is 0.358 e. The van der Waals surface area contributed by atoms with Gasteiger partial charge in [0.05, 0.1) is 6.54 Å². The van der Waals surface area contributed by atoms with Crippen molar-refractivity contribution in [2.45, 2.75) is 13.0 Å². The van der Waals surface area contributed by atoms with Gasteiger partial charge in [-0.15, -0.1) is 0 Å². The minimum absolute atomic E-state index is 0.0811. The standard InChI is InChI=1S/C15H22ClN3O/c1-12(13-5-3-4-6-14(13)16)19-9-7-18(8-10-19)11-15(20)17-2/h3-6,12H,7-11H2,1-2H3,(H,17,20). The summed E-state index contributed by atoms with van der Waals surface area (Å²) in [5.74, 6) is 0.0811. The summed E-state index contributed by atoms with van der Waals surface area (Å²) in [6.45, 7) is 6.44. The van der Waals surface area contributed by atoms with Crippen LogP contribution in [0.3, 0.4) is 0 Å². The molecule has 5 heteroatoms. The zero-order valence-electron chi connectivity index (χ0n) is 12.1. The number of rotatable bonds is 4. The highest BCUT2D eigenvalue weighted by molar-refractivity contribution is 6.31. The highest BCUT2D eigenvalue weighted by atomic mass is 35.5. The molecule has 20 heavy (non-hydrogen) atoms. The third kappa shape index (κ3) is 3.72. The van der Waals surface area contributed by atoms with Gasteiger partial charge in [-0.2, -0.15) is 0 Å². The molecule has 0 aliphatic carbocycles. The van der Waals surface area contributed by atoms with Crippen LogP contribution in [0.25, 0.3) is 0 Å². The highest BCUT2D eigenvalue weighted by Gasteiger charge is 2.23. The quantitative estimate of drug-likeness (QED) is 0.919. The molecule has 1 N–H and O–H groups in total. The van der Waals surface area contributed by atoms with Gasteiger partial charge < -0.3 is 5.32 Å². The Morgan fingerprint density at radius 1 is 1.30 bits per heavy atom. The van der Waals surface area contributed by atoms with Crippen molar-refractivity contribution in [3.05, 3.63) is 34.9 Å². The van der Waals surface area contributed by atoms with Crippen molar-refractivity contribution in [2.75, 3.05) is 39.8 Å². The van der Waals surface area contributed by atoms with E-state index in [-0.39, 0.29) is 5.91 Å². The van der Waals surface area contributed by atoms with E-state index in [0.717, 1.165) is 31.2 Å². The van der Waals surface area contributed by atoms with Crippen molar-refractivity contribution in [2.24, 2.45) is 0 Å². The summed E-state index contributed by atoms with van der Waals surface area (Å²) in [4.78, 5) is 16.0. The molecule has 2 rings (SSSR count). The topological polar surface area (TPSA) is 35.6 Å². The number of piperazine rings is 1. The van der Waals surface area contributed by atoms with Gasteiger partial charge in [-0.3, -0.25) is 14.6 Å². The van der Waals surface area contributed by atoms with Crippen LogP contribution in [0.4, 0.5) is 0 Å². The number of nitrogens with zero attached hydrogens (tertiary/aromatic N) is 2. The van der Waals surface area contributed by atoms with Crippen LogP contribution in [0.1, 0.15) is 18.5 Å². The van der Waals surface area contributed by atoms with E-state index in [1.54, 1.807) is 7.05 Å². The van der Waals surface area contributed by atoms with E-state index in [1.807, 2.05) is 18.2 Å². The third-order valence-electron chi connectivity index (χ3n) is 3.96. The summed E-state index contributed by atoms with van der Waals surface area (Å²) in [7, 11) is 1.68.